The van der Waals surface area contributed by atoms with Crippen LogP contribution in [0.5, 0.6) is 0 Å². The van der Waals surface area contributed by atoms with Crippen molar-refractivity contribution in [2.75, 3.05) is 5.32 Å². The number of pyridine rings is 1. The van der Waals surface area contributed by atoms with Crippen molar-refractivity contribution in [3.63, 3.8) is 0 Å². The number of carbonyl (C=O) groups is 1. The fourth-order valence-corrected chi connectivity index (χ4v) is 4.34. The summed E-state index contributed by atoms with van der Waals surface area (Å²) in [6, 6.07) is 21.5. The Hall–Kier alpha value is -2.50. The number of fused-ring (bicyclic) bond motifs is 1. The highest BCUT2D eigenvalue weighted by atomic mass is 79.9. The van der Waals surface area contributed by atoms with Crippen molar-refractivity contribution in [2.45, 2.75) is 13.8 Å². The van der Waals surface area contributed by atoms with Crippen molar-refractivity contribution in [3.05, 3.63) is 92.4 Å². The fraction of sp³-hybridized carbons (Fsp3) is 0.0833. The second kappa shape index (κ2) is 8.09. The van der Waals surface area contributed by atoms with Gasteiger partial charge in [0.25, 0.3) is 5.91 Å². The number of hydrogen-bond donors (Lipinski definition) is 1. The van der Waals surface area contributed by atoms with E-state index in [0.717, 1.165) is 31.1 Å². The molecule has 4 rings (SSSR count). The van der Waals surface area contributed by atoms with Crippen LogP contribution in [0.15, 0.2) is 75.7 Å². The van der Waals surface area contributed by atoms with E-state index in [-0.39, 0.29) is 5.91 Å². The lowest BCUT2D eigenvalue weighted by molar-refractivity contribution is 0.102. The Morgan fingerprint density at radius 3 is 2.45 bits per heavy atom. The number of amides is 1. The lowest BCUT2D eigenvalue weighted by Gasteiger charge is -2.12. The molecular formula is C24H18Br2N2O. The highest BCUT2D eigenvalue weighted by Crippen LogP contribution is 2.29. The van der Waals surface area contributed by atoms with E-state index < -0.39 is 0 Å². The standard InChI is InChI=1S/C24H18Br2N2O/c1-14-7-8-16(11-15(14)2)23-13-19(18-5-3-4-6-21(18)27-23)24(29)28-22-10-9-17(25)12-20(22)26/h3-13H,1-2H3,(H,28,29). The largest absolute Gasteiger partial charge is 0.321 e. The van der Waals surface area contributed by atoms with Crippen LogP contribution in [0, 0.1) is 13.8 Å². The summed E-state index contributed by atoms with van der Waals surface area (Å²) in [5.74, 6) is -0.170. The van der Waals surface area contributed by atoms with Crippen LogP contribution in [-0.4, -0.2) is 10.9 Å². The molecule has 29 heavy (non-hydrogen) atoms. The average Bonchev–Trinajstić information content (AvgIpc) is 2.71. The molecule has 4 aromatic rings. The molecule has 0 bridgehead atoms. The highest BCUT2D eigenvalue weighted by Gasteiger charge is 2.15. The first-order valence-corrected chi connectivity index (χ1v) is 10.7. The first-order chi connectivity index (χ1) is 13.9. The first-order valence-electron chi connectivity index (χ1n) is 9.16. The topological polar surface area (TPSA) is 42.0 Å². The molecule has 1 heterocycles. The summed E-state index contributed by atoms with van der Waals surface area (Å²) in [5.41, 5.74) is 6.31. The minimum absolute atomic E-state index is 0.170. The average molecular weight is 510 g/mol. The van der Waals surface area contributed by atoms with Crippen LogP contribution in [0.1, 0.15) is 21.5 Å². The molecule has 3 nitrogen and oxygen atoms in total. The van der Waals surface area contributed by atoms with Crippen LogP contribution < -0.4 is 5.32 Å². The maximum atomic E-state index is 13.2. The Kier molecular flexibility index (Phi) is 5.52. The number of rotatable bonds is 3. The molecule has 0 aliphatic carbocycles. The van der Waals surface area contributed by atoms with Crippen molar-refractivity contribution in [3.8, 4) is 11.3 Å². The van der Waals surface area contributed by atoms with E-state index in [4.69, 9.17) is 4.98 Å². The molecule has 1 aromatic heterocycles. The van der Waals surface area contributed by atoms with E-state index in [0.29, 0.717) is 11.3 Å². The number of benzene rings is 3. The van der Waals surface area contributed by atoms with Gasteiger partial charge in [-0.25, -0.2) is 4.98 Å². The third-order valence-corrected chi connectivity index (χ3v) is 6.09. The van der Waals surface area contributed by atoms with Crippen LogP contribution >= 0.6 is 31.9 Å². The summed E-state index contributed by atoms with van der Waals surface area (Å²) in [6.07, 6.45) is 0. The molecular weight excluding hydrogens is 492 g/mol. The SMILES string of the molecule is Cc1ccc(-c2cc(C(=O)Nc3ccc(Br)cc3Br)c3ccccc3n2)cc1C. The number of nitrogens with one attached hydrogen (secondary N) is 1. The Morgan fingerprint density at radius 1 is 0.897 bits per heavy atom. The molecule has 0 radical (unpaired) electrons. The molecule has 1 amide bonds. The Balaban J connectivity index is 1.82. The van der Waals surface area contributed by atoms with Crippen molar-refractivity contribution in [1.82, 2.24) is 4.98 Å². The quantitative estimate of drug-likeness (QED) is 0.315. The monoisotopic (exact) mass is 508 g/mol. The number of hydrogen-bond acceptors (Lipinski definition) is 2. The van der Waals surface area contributed by atoms with E-state index in [1.54, 1.807) is 0 Å². The van der Waals surface area contributed by atoms with Gasteiger partial charge in [0.2, 0.25) is 0 Å². The number of halogens is 2. The van der Waals surface area contributed by atoms with Crippen molar-refractivity contribution in [2.24, 2.45) is 0 Å². The minimum Gasteiger partial charge on any atom is -0.321 e. The Labute approximate surface area is 186 Å². The van der Waals surface area contributed by atoms with Gasteiger partial charge in [0, 0.05) is 19.9 Å². The zero-order valence-electron chi connectivity index (χ0n) is 16.0. The van der Waals surface area contributed by atoms with Crippen LogP contribution in [0.3, 0.4) is 0 Å². The minimum atomic E-state index is -0.170. The van der Waals surface area contributed by atoms with Crippen LogP contribution in [-0.2, 0) is 0 Å². The molecule has 3 aromatic carbocycles. The number of anilines is 1. The number of nitrogens with zero attached hydrogens (tertiary/aromatic N) is 1. The molecule has 0 atom stereocenters. The van der Waals surface area contributed by atoms with E-state index in [2.05, 4.69) is 63.2 Å². The van der Waals surface area contributed by atoms with E-state index in [1.165, 1.54) is 11.1 Å². The van der Waals surface area contributed by atoms with Gasteiger partial charge < -0.3 is 5.32 Å². The molecule has 0 aliphatic rings. The molecule has 1 N–H and O–H groups in total. The normalized spacial score (nSPS) is 10.9. The first kappa shape index (κ1) is 19.8. The van der Waals surface area contributed by atoms with Gasteiger partial charge in [-0.15, -0.1) is 0 Å². The second-order valence-corrected chi connectivity index (χ2v) is 8.72. The summed E-state index contributed by atoms with van der Waals surface area (Å²) in [5, 5.41) is 3.84. The molecule has 0 aliphatic heterocycles. The van der Waals surface area contributed by atoms with Gasteiger partial charge in [0.15, 0.2) is 0 Å². The van der Waals surface area contributed by atoms with Crippen molar-refractivity contribution < 1.29 is 4.79 Å². The zero-order chi connectivity index (χ0) is 20.5. The lowest BCUT2D eigenvalue weighted by Crippen LogP contribution is -2.13. The van der Waals surface area contributed by atoms with Gasteiger partial charge in [-0.05, 0) is 77.3 Å². The summed E-state index contributed by atoms with van der Waals surface area (Å²) in [4.78, 5) is 18.0. The second-order valence-electron chi connectivity index (χ2n) is 6.95. The lowest BCUT2D eigenvalue weighted by atomic mass is 10.0. The number of carbonyl (C=O) groups excluding carboxylic acids is 1. The van der Waals surface area contributed by atoms with Gasteiger partial charge in [0.05, 0.1) is 22.5 Å². The molecule has 0 unspecified atom stereocenters. The maximum Gasteiger partial charge on any atom is 0.256 e. The fourth-order valence-electron chi connectivity index (χ4n) is 3.19. The summed E-state index contributed by atoms with van der Waals surface area (Å²) in [7, 11) is 0. The predicted molar refractivity (Wildman–Crippen MR) is 126 cm³/mol. The number of aromatic nitrogens is 1. The zero-order valence-corrected chi connectivity index (χ0v) is 19.1. The Bertz CT molecular complexity index is 1250. The third-order valence-electron chi connectivity index (χ3n) is 4.94. The summed E-state index contributed by atoms with van der Waals surface area (Å²) in [6.45, 7) is 4.17. The van der Waals surface area contributed by atoms with Gasteiger partial charge in [-0.1, -0.05) is 46.3 Å². The maximum absolute atomic E-state index is 13.2. The summed E-state index contributed by atoms with van der Waals surface area (Å²) >= 11 is 6.94. The van der Waals surface area contributed by atoms with Gasteiger partial charge in [-0.3, -0.25) is 4.79 Å². The van der Waals surface area contributed by atoms with Gasteiger partial charge in [-0.2, -0.15) is 0 Å². The predicted octanol–water partition coefficient (Wildman–Crippen LogP) is 7.30. The van der Waals surface area contributed by atoms with Crippen molar-refractivity contribution in [1.29, 1.82) is 0 Å². The number of aryl methyl sites for hydroxylation is 2. The third kappa shape index (κ3) is 4.11. The number of para-hydroxylation sites is 1. The highest BCUT2D eigenvalue weighted by molar-refractivity contribution is 9.11. The molecule has 0 fully saturated rings. The van der Waals surface area contributed by atoms with Crippen LogP contribution in [0.25, 0.3) is 22.2 Å². The molecule has 0 spiro atoms. The molecule has 5 heteroatoms. The Morgan fingerprint density at radius 2 is 1.69 bits per heavy atom. The van der Waals surface area contributed by atoms with Gasteiger partial charge >= 0.3 is 0 Å². The molecule has 144 valence electrons. The smallest absolute Gasteiger partial charge is 0.256 e. The van der Waals surface area contributed by atoms with E-state index in [9.17, 15) is 4.79 Å². The van der Waals surface area contributed by atoms with Crippen LogP contribution in [0.2, 0.25) is 0 Å². The van der Waals surface area contributed by atoms with Crippen LogP contribution in [0.4, 0.5) is 5.69 Å². The van der Waals surface area contributed by atoms with Gasteiger partial charge in [0.1, 0.15) is 0 Å². The van der Waals surface area contributed by atoms with Crippen molar-refractivity contribution >= 4 is 54.4 Å². The molecule has 0 saturated carbocycles. The van der Waals surface area contributed by atoms with E-state index in [1.807, 2.05) is 54.6 Å². The van der Waals surface area contributed by atoms with E-state index >= 15 is 0 Å². The summed E-state index contributed by atoms with van der Waals surface area (Å²) < 4.78 is 1.75. The molecule has 0 saturated heterocycles.